The first-order valence-electron chi connectivity index (χ1n) is 12.4. The van der Waals surface area contributed by atoms with Crippen LogP contribution in [0.4, 0.5) is 5.69 Å². The highest BCUT2D eigenvalue weighted by atomic mass is 16.5. The summed E-state index contributed by atoms with van der Waals surface area (Å²) in [6.07, 6.45) is 2.90. The van der Waals surface area contributed by atoms with Gasteiger partial charge in [0, 0.05) is 25.1 Å². The van der Waals surface area contributed by atoms with Gasteiger partial charge in [-0.15, -0.1) is 0 Å². The van der Waals surface area contributed by atoms with Gasteiger partial charge in [-0.1, -0.05) is 6.07 Å². The lowest BCUT2D eigenvalue weighted by atomic mass is 9.94. The lowest BCUT2D eigenvalue weighted by Crippen LogP contribution is -2.40. The monoisotopic (exact) mass is 496 g/mol. The van der Waals surface area contributed by atoms with Crippen LogP contribution in [-0.4, -0.2) is 45.5 Å². The summed E-state index contributed by atoms with van der Waals surface area (Å²) in [5.74, 6) is 1.44. The Bertz CT molecular complexity index is 1210. The fourth-order valence-electron chi connectivity index (χ4n) is 5.40. The lowest BCUT2D eigenvalue weighted by Gasteiger charge is -2.36. The molecule has 1 aliphatic heterocycles. The van der Waals surface area contributed by atoms with E-state index in [1.54, 1.807) is 27.4 Å². The van der Waals surface area contributed by atoms with Crippen LogP contribution in [0.25, 0.3) is 11.1 Å². The minimum atomic E-state index is -0.332. The summed E-state index contributed by atoms with van der Waals surface area (Å²) >= 11 is 0. The molecule has 194 valence electrons. The van der Waals surface area contributed by atoms with E-state index in [2.05, 4.69) is 24.5 Å². The molecule has 8 nitrogen and oxygen atoms in total. The van der Waals surface area contributed by atoms with E-state index in [0.29, 0.717) is 42.4 Å². The third kappa shape index (κ3) is 5.14. The highest BCUT2D eigenvalue weighted by molar-refractivity contribution is 5.83. The summed E-state index contributed by atoms with van der Waals surface area (Å²) < 4.78 is 22.9. The van der Waals surface area contributed by atoms with Crippen molar-refractivity contribution in [2.24, 2.45) is 0 Å². The summed E-state index contributed by atoms with van der Waals surface area (Å²) in [6, 6.07) is 7.16. The van der Waals surface area contributed by atoms with Crippen molar-refractivity contribution in [1.82, 2.24) is 5.32 Å². The molecule has 2 atom stereocenters. The third-order valence-electron chi connectivity index (χ3n) is 6.97. The lowest BCUT2D eigenvalue weighted by molar-refractivity contribution is -0.119. The van der Waals surface area contributed by atoms with Crippen molar-refractivity contribution in [1.29, 1.82) is 0 Å². The molecule has 1 saturated heterocycles. The van der Waals surface area contributed by atoms with Crippen molar-refractivity contribution in [3.8, 4) is 28.4 Å². The van der Waals surface area contributed by atoms with Crippen LogP contribution in [0, 0.1) is 0 Å². The van der Waals surface area contributed by atoms with Crippen LogP contribution in [0.5, 0.6) is 17.2 Å². The van der Waals surface area contributed by atoms with E-state index in [-0.39, 0.29) is 29.0 Å². The molecular weight excluding hydrogens is 460 g/mol. The molecule has 4 rings (SSSR count). The number of rotatable bonds is 6. The fraction of sp³-hybridized carbons (Fsp3) is 0.500. The number of carbonyl (C=O) groups excluding carboxylic acids is 1. The summed E-state index contributed by atoms with van der Waals surface area (Å²) in [5.41, 5.74) is 3.55. The Kier molecular flexibility index (Phi) is 7.45. The van der Waals surface area contributed by atoms with Crippen molar-refractivity contribution in [3.63, 3.8) is 0 Å². The van der Waals surface area contributed by atoms with E-state index in [1.165, 1.54) is 6.92 Å². The van der Waals surface area contributed by atoms with Crippen LogP contribution in [0.15, 0.2) is 29.1 Å². The first-order valence-corrected chi connectivity index (χ1v) is 12.4. The van der Waals surface area contributed by atoms with Crippen LogP contribution >= 0.6 is 0 Å². The fourth-order valence-corrected chi connectivity index (χ4v) is 5.40. The molecule has 1 fully saturated rings. The smallest absolute Gasteiger partial charge is 0.217 e. The van der Waals surface area contributed by atoms with Gasteiger partial charge in [0.05, 0.1) is 38.7 Å². The number of hydrogen-bond donors (Lipinski definition) is 2. The maximum absolute atomic E-state index is 13.5. The zero-order valence-corrected chi connectivity index (χ0v) is 21.9. The predicted octanol–water partition coefficient (Wildman–Crippen LogP) is 4.23. The Morgan fingerprint density at radius 3 is 2.44 bits per heavy atom. The standard InChI is InChI=1S/C28H36N2O6/c1-16(31)29-21-9-7-17-13-24(33-4)26(34-5)27(35-6)25(17)19-8-10-22(23(32)14-20(19)21)30-18-11-12-36-28(2,3)15-18/h8,10,13-14,18,21H,7,9,11-12,15H2,1-6H3,(H,29,31)(H,30,32)/t18-,21+/m0/s1. The van der Waals surface area contributed by atoms with Crippen molar-refractivity contribution in [3.05, 3.63) is 45.6 Å². The predicted molar refractivity (Wildman–Crippen MR) is 139 cm³/mol. The maximum atomic E-state index is 13.5. The third-order valence-corrected chi connectivity index (χ3v) is 6.97. The molecule has 0 bridgehead atoms. The highest BCUT2D eigenvalue weighted by Crippen LogP contribution is 2.50. The van der Waals surface area contributed by atoms with E-state index in [4.69, 9.17) is 18.9 Å². The summed E-state index contributed by atoms with van der Waals surface area (Å²) in [6.45, 7) is 6.26. The Morgan fingerprint density at radius 1 is 1.06 bits per heavy atom. The van der Waals surface area contributed by atoms with E-state index in [1.807, 2.05) is 18.2 Å². The molecule has 0 unspecified atom stereocenters. The summed E-state index contributed by atoms with van der Waals surface area (Å²) in [7, 11) is 4.76. The van der Waals surface area contributed by atoms with Crippen molar-refractivity contribution in [2.75, 3.05) is 33.3 Å². The van der Waals surface area contributed by atoms with Crippen molar-refractivity contribution in [2.45, 2.75) is 64.1 Å². The molecule has 2 aromatic rings. The number of carbonyl (C=O) groups is 1. The maximum Gasteiger partial charge on any atom is 0.217 e. The van der Waals surface area contributed by atoms with E-state index >= 15 is 0 Å². The van der Waals surface area contributed by atoms with Gasteiger partial charge < -0.3 is 29.6 Å². The minimum absolute atomic E-state index is 0.126. The Hall–Kier alpha value is -3.26. The molecule has 0 spiro atoms. The summed E-state index contributed by atoms with van der Waals surface area (Å²) in [4.78, 5) is 25.6. The molecule has 36 heavy (non-hydrogen) atoms. The number of fused-ring (bicyclic) bond motifs is 3. The van der Waals surface area contributed by atoms with Crippen LogP contribution in [0.1, 0.15) is 57.2 Å². The molecule has 1 heterocycles. The molecule has 1 aliphatic carbocycles. The Labute approximate surface area is 212 Å². The number of amides is 1. The highest BCUT2D eigenvalue weighted by Gasteiger charge is 2.31. The normalized spacial score (nSPS) is 20.3. The van der Waals surface area contributed by atoms with Gasteiger partial charge in [0.15, 0.2) is 11.5 Å². The number of aryl methyl sites for hydroxylation is 1. The second-order valence-corrected chi connectivity index (χ2v) is 10.0. The Balaban J connectivity index is 1.90. The van der Waals surface area contributed by atoms with Crippen LogP contribution in [0.3, 0.4) is 0 Å². The first kappa shape index (κ1) is 25.8. The second kappa shape index (κ2) is 10.4. The van der Waals surface area contributed by atoms with Gasteiger partial charge in [-0.05, 0) is 74.4 Å². The number of benzene rings is 1. The minimum Gasteiger partial charge on any atom is -0.493 e. The van der Waals surface area contributed by atoms with E-state index in [9.17, 15) is 9.59 Å². The van der Waals surface area contributed by atoms with Crippen molar-refractivity contribution < 1.29 is 23.7 Å². The van der Waals surface area contributed by atoms with Gasteiger partial charge in [-0.3, -0.25) is 9.59 Å². The molecule has 0 saturated carbocycles. The molecule has 8 heteroatoms. The first-order chi connectivity index (χ1) is 17.2. The number of nitrogens with one attached hydrogen (secondary N) is 2. The van der Waals surface area contributed by atoms with Gasteiger partial charge in [0.2, 0.25) is 17.1 Å². The molecule has 2 aliphatic rings. The zero-order chi connectivity index (χ0) is 26.0. The van der Waals surface area contributed by atoms with Crippen LogP contribution < -0.4 is 30.3 Å². The average molecular weight is 497 g/mol. The molecular formula is C28H36N2O6. The number of methoxy groups -OCH3 is 3. The number of anilines is 1. The van der Waals surface area contributed by atoms with Gasteiger partial charge in [0.25, 0.3) is 0 Å². The Morgan fingerprint density at radius 2 is 1.81 bits per heavy atom. The van der Waals surface area contributed by atoms with E-state index in [0.717, 1.165) is 35.1 Å². The number of hydrogen-bond acceptors (Lipinski definition) is 7. The van der Waals surface area contributed by atoms with E-state index < -0.39 is 0 Å². The zero-order valence-electron chi connectivity index (χ0n) is 21.9. The molecule has 2 N–H and O–H groups in total. The van der Waals surface area contributed by atoms with Gasteiger partial charge >= 0.3 is 0 Å². The largest absolute Gasteiger partial charge is 0.493 e. The van der Waals surface area contributed by atoms with Gasteiger partial charge in [-0.2, -0.15) is 0 Å². The summed E-state index contributed by atoms with van der Waals surface area (Å²) in [5, 5.41) is 6.50. The number of ether oxygens (including phenoxy) is 4. The van der Waals surface area contributed by atoms with Gasteiger partial charge in [-0.25, -0.2) is 0 Å². The topological polar surface area (TPSA) is 95.1 Å². The SMILES string of the molecule is COc1cc2c(c(OC)c1OC)-c1ccc(N[C@H]3CCOC(C)(C)C3)c(=O)cc1[C@H](NC(C)=O)CC2. The molecule has 0 radical (unpaired) electrons. The molecule has 1 amide bonds. The molecule has 0 aromatic heterocycles. The average Bonchev–Trinajstić information content (AvgIpc) is 3.06. The molecule has 2 aromatic carbocycles. The quantitative estimate of drug-likeness (QED) is 0.618. The second-order valence-electron chi connectivity index (χ2n) is 10.0. The van der Waals surface area contributed by atoms with Crippen LogP contribution in [-0.2, 0) is 16.0 Å². The van der Waals surface area contributed by atoms with Gasteiger partial charge in [0.1, 0.15) is 0 Å². The van der Waals surface area contributed by atoms with Crippen molar-refractivity contribution >= 4 is 11.6 Å². The van der Waals surface area contributed by atoms with Crippen LogP contribution in [0.2, 0.25) is 0 Å².